The summed E-state index contributed by atoms with van der Waals surface area (Å²) in [5.41, 5.74) is 8.46. The minimum Gasteiger partial charge on any atom is -0.384 e. The number of fused-ring (bicyclic) bond motifs is 1. The van der Waals surface area contributed by atoms with Gasteiger partial charge in [-0.1, -0.05) is 57.0 Å². The maximum atomic E-state index is 5.46. The van der Waals surface area contributed by atoms with Gasteiger partial charge >= 0.3 is 0 Å². The Kier molecular flexibility index (Phi) is 9.02. The molecule has 3 rings (SSSR count). The molecule has 2 aromatic carbocycles. The molecule has 0 aliphatic heterocycles. The van der Waals surface area contributed by atoms with E-state index in [4.69, 9.17) is 14.7 Å². The van der Waals surface area contributed by atoms with E-state index in [-0.39, 0.29) is 0 Å². The lowest BCUT2D eigenvalue weighted by molar-refractivity contribution is 0.202. The first-order valence-corrected chi connectivity index (χ1v) is 12.4. The topological polar surface area (TPSA) is 47.0 Å². The Labute approximate surface area is 199 Å². The van der Waals surface area contributed by atoms with Gasteiger partial charge in [-0.2, -0.15) is 0 Å². The number of hydrogen-bond acceptors (Lipinski definition) is 4. The van der Waals surface area contributed by atoms with E-state index in [1.54, 1.807) is 7.11 Å². The van der Waals surface area contributed by atoms with E-state index in [1.807, 2.05) is 0 Å². The summed E-state index contributed by atoms with van der Waals surface area (Å²) < 4.78 is 5.46. The predicted octanol–water partition coefficient (Wildman–Crippen LogP) is 7.52. The minimum absolute atomic E-state index is 0.661. The number of aryl methyl sites for hydroxylation is 2. The third-order valence-corrected chi connectivity index (χ3v) is 6.05. The summed E-state index contributed by atoms with van der Waals surface area (Å²) in [5, 5.41) is 4.68. The fourth-order valence-electron chi connectivity index (χ4n) is 4.14. The first kappa shape index (κ1) is 24.9. The van der Waals surface area contributed by atoms with Gasteiger partial charge in [-0.3, -0.25) is 0 Å². The summed E-state index contributed by atoms with van der Waals surface area (Å²) in [6.07, 6.45) is 7.24. The van der Waals surface area contributed by atoms with Gasteiger partial charge in [0.2, 0.25) is 0 Å². The molecular weight excluding hydrogens is 406 g/mol. The van der Waals surface area contributed by atoms with E-state index < -0.39 is 0 Å². The summed E-state index contributed by atoms with van der Waals surface area (Å²) in [7, 11) is 1.76. The summed E-state index contributed by atoms with van der Waals surface area (Å²) in [5.74, 6) is 1.77. The van der Waals surface area contributed by atoms with E-state index >= 15 is 0 Å². The number of ether oxygens (including phenoxy) is 1. The highest BCUT2D eigenvalue weighted by molar-refractivity contribution is 5.96. The number of unbranched alkanes of at least 4 members (excludes halogenated alkanes) is 1. The molecule has 1 N–H and O–H groups in total. The van der Waals surface area contributed by atoms with Crippen LogP contribution in [0.4, 0.5) is 5.82 Å². The number of allylic oxidation sites excluding steroid dienone is 2. The van der Waals surface area contributed by atoms with E-state index in [9.17, 15) is 0 Å². The molecule has 3 aromatic rings. The number of nitrogens with one attached hydrogen (secondary N) is 1. The minimum atomic E-state index is 0.661. The van der Waals surface area contributed by atoms with Crippen LogP contribution < -0.4 is 5.32 Å². The second-order valence-corrected chi connectivity index (χ2v) is 8.79. The normalized spacial score (nSPS) is 11.9. The highest BCUT2D eigenvalue weighted by Gasteiger charge is 2.16. The molecule has 0 atom stereocenters. The average molecular weight is 446 g/mol. The zero-order chi connectivity index (χ0) is 23.8. The Morgan fingerprint density at radius 2 is 1.85 bits per heavy atom. The number of aromatic nitrogens is 2. The molecule has 33 heavy (non-hydrogen) atoms. The maximum Gasteiger partial charge on any atom is 0.157 e. The van der Waals surface area contributed by atoms with Gasteiger partial charge in [0.1, 0.15) is 5.82 Å². The van der Waals surface area contributed by atoms with Crippen molar-refractivity contribution in [2.75, 3.05) is 25.6 Å². The smallest absolute Gasteiger partial charge is 0.157 e. The van der Waals surface area contributed by atoms with E-state index in [1.165, 1.54) is 33.4 Å². The van der Waals surface area contributed by atoms with Crippen molar-refractivity contribution in [3.05, 3.63) is 58.9 Å². The Bertz CT molecular complexity index is 1120. The molecular formula is C29H39N3O. The third kappa shape index (κ3) is 6.00. The van der Waals surface area contributed by atoms with E-state index in [2.05, 4.69) is 76.3 Å². The summed E-state index contributed by atoms with van der Waals surface area (Å²) in [4.78, 5) is 10.2. The largest absolute Gasteiger partial charge is 0.384 e. The number of hydrogen-bond donors (Lipinski definition) is 1. The van der Waals surface area contributed by atoms with Crippen molar-refractivity contribution in [1.82, 2.24) is 9.97 Å². The summed E-state index contributed by atoms with van der Waals surface area (Å²) in [6.45, 7) is 12.4. The molecule has 4 heteroatoms. The Morgan fingerprint density at radius 3 is 2.55 bits per heavy atom. The van der Waals surface area contributed by atoms with Gasteiger partial charge in [0.05, 0.1) is 12.1 Å². The average Bonchev–Trinajstić information content (AvgIpc) is 2.83. The van der Waals surface area contributed by atoms with Gasteiger partial charge in [-0.05, 0) is 79.5 Å². The molecule has 0 aliphatic carbocycles. The Balaban J connectivity index is 2.30. The maximum absolute atomic E-state index is 5.46. The molecule has 0 spiro atoms. The van der Waals surface area contributed by atoms with Crippen molar-refractivity contribution in [2.24, 2.45) is 0 Å². The second-order valence-electron chi connectivity index (χ2n) is 8.79. The molecule has 0 radical (unpaired) electrons. The molecule has 0 bridgehead atoms. The van der Waals surface area contributed by atoms with Crippen LogP contribution in [0.5, 0.6) is 0 Å². The summed E-state index contributed by atoms with van der Waals surface area (Å²) in [6, 6.07) is 11.2. The first-order valence-electron chi connectivity index (χ1n) is 12.4. The zero-order valence-corrected chi connectivity index (χ0v) is 21.2. The highest BCUT2D eigenvalue weighted by atomic mass is 16.5. The Hall–Kier alpha value is -2.72. The summed E-state index contributed by atoms with van der Waals surface area (Å²) >= 11 is 0. The van der Waals surface area contributed by atoms with Crippen LogP contribution in [0.1, 0.15) is 69.0 Å². The van der Waals surface area contributed by atoms with Crippen LogP contribution in [0.3, 0.4) is 0 Å². The fraction of sp³-hybridized carbons (Fsp3) is 0.448. The van der Waals surface area contributed by atoms with Gasteiger partial charge in [0.25, 0.3) is 0 Å². The number of anilines is 1. The van der Waals surface area contributed by atoms with Crippen LogP contribution >= 0.6 is 0 Å². The van der Waals surface area contributed by atoms with Crippen molar-refractivity contribution in [3.63, 3.8) is 0 Å². The molecule has 176 valence electrons. The first-order chi connectivity index (χ1) is 16.0. The molecule has 0 saturated heterocycles. The number of benzene rings is 2. The zero-order valence-electron chi connectivity index (χ0n) is 21.2. The van der Waals surface area contributed by atoms with Crippen LogP contribution in [0.2, 0.25) is 0 Å². The van der Waals surface area contributed by atoms with Crippen LogP contribution in [0, 0.1) is 13.8 Å². The van der Waals surface area contributed by atoms with Gasteiger partial charge in [0, 0.05) is 19.0 Å². The third-order valence-electron chi connectivity index (χ3n) is 6.05. The molecule has 0 amide bonds. The van der Waals surface area contributed by atoms with E-state index in [0.29, 0.717) is 6.61 Å². The molecule has 0 unspecified atom stereocenters. The van der Waals surface area contributed by atoms with Crippen LogP contribution in [0.25, 0.3) is 27.6 Å². The van der Waals surface area contributed by atoms with E-state index in [0.717, 1.165) is 61.2 Å². The predicted molar refractivity (Wildman–Crippen MR) is 142 cm³/mol. The molecule has 1 heterocycles. The monoisotopic (exact) mass is 445 g/mol. The van der Waals surface area contributed by atoms with Crippen molar-refractivity contribution >= 4 is 22.3 Å². The lowest BCUT2D eigenvalue weighted by Crippen LogP contribution is -2.08. The van der Waals surface area contributed by atoms with Crippen LogP contribution in [-0.2, 0) is 11.2 Å². The number of methoxy groups -OCH3 is 1. The van der Waals surface area contributed by atoms with Crippen molar-refractivity contribution in [3.8, 4) is 11.1 Å². The van der Waals surface area contributed by atoms with Gasteiger partial charge in [-0.15, -0.1) is 0 Å². The lowest BCUT2D eigenvalue weighted by atomic mass is 9.94. The molecule has 1 aromatic heterocycles. The SMILES string of the molecule is CCCC=C(CC)c1nc(NCCC)c2cc(-c3cc(C)ccc3C)cc(CCOC)c2n1. The van der Waals surface area contributed by atoms with Gasteiger partial charge < -0.3 is 10.1 Å². The van der Waals surface area contributed by atoms with Crippen LogP contribution in [0.15, 0.2) is 36.4 Å². The van der Waals surface area contributed by atoms with Crippen molar-refractivity contribution < 1.29 is 4.74 Å². The highest BCUT2D eigenvalue weighted by Crippen LogP contribution is 2.34. The van der Waals surface area contributed by atoms with Crippen LogP contribution in [-0.4, -0.2) is 30.2 Å². The van der Waals surface area contributed by atoms with Gasteiger partial charge in [-0.25, -0.2) is 9.97 Å². The van der Waals surface area contributed by atoms with Gasteiger partial charge in [0.15, 0.2) is 5.82 Å². The second kappa shape index (κ2) is 11.9. The Morgan fingerprint density at radius 1 is 1.03 bits per heavy atom. The van der Waals surface area contributed by atoms with Crippen molar-refractivity contribution in [1.29, 1.82) is 0 Å². The molecule has 0 fully saturated rings. The molecule has 4 nitrogen and oxygen atoms in total. The number of nitrogens with zero attached hydrogens (tertiary/aromatic N) is 2. The van der Waals surface area contributed by atoms with Crippen molar-refractivity contribution in [2.45, 2.75) is 66.7 Å². The standard InChI is InChI=1S/C29H39N3O/c1-7-10-11-22(9-3)28-31-27-23(14-16-33-6)18-24(25-17-20(4)12-13-21(25)5)19-26(27)29(32-28)30-15-8-2/h11-13,17-19H,7-10,14-16H2,1-6H3,(H,30,31,32). The quantitative estimate of drug-likeness (QED) is 0.331. The molecule has 0 aliphatic rings. The number of rotatable bonds is 11. The molecule has 0 saturated carbocycles. The fourth-order valence-corrected chi connectivity index (χ4v) is 4.14. The lowest BCUT2D eigenvalue weighted by Gasteiger charge is -2.17.